The maximum atomic E-state index is 12.6. The van der Waals surface area contributed by atoms with E-state index < -0.39 is 15.6 Å². The Labute approximate surface area is 165 Å². The summed E-state index contributed by atoms with van der Waals surface area (Å²) in [4.78, 5) is 0.166. The minimum Gasteiger partial charge on any atom is -0.507 e. The lowest BCUT2D eigenvalue weighted by atomic mass is 9.87. The molecule has 1 aliphatic rings. The number of ether oxygens (including phenoxy) is 1. The Morgan fingerprint density at radius 2 is 1.78 bits per heavy atom. The van der Waals surface area contributed by atoms with Crippen molar-refractivity contribution < 1.29 is 18.3 Å². The number of rotatable bonds is 4. The Morgan fingerprint density at radius 1 is 1.15 bits per heavy atom. The predicted molar refractivity (Wildman–Crippen MR) is 106 cm³/mol. The summed E-state index contributed by atoms with van der Waals surface area (Å²) in [6, 6.07) is 6.05. The Balaban J connectivity index is 1.82. The minimum atomic E-state index is -3.65. The highest BCUT2D eigenvalue weighted by Gasteiger charge is 2.35. The number of sulfonamides is 1. The van der Waals surface area contributed by atoms with Crippen LogP contribution in [-0.2, 0) is 16.4 Å². The normalized spacial score (nSPS) is 19.4. The molecule has 0 amide bonds. The van der Waals surface area contributed by atoms with Gasteiger partial charge in [0.1, 0.15) is 17.1 Å². The summed E-state index contributed by atoms with van der Waals surface area (Å²) in [5, 5.41) is 10.8. The second-order valence-corrected chi connectivity index (χ2v) is 9.57. The first kappa shape index (κ1) is 20.0. The molecule has 0 saturated carbocycles. The van der Waals surface area contributed by atoms with Gasteiger partial charge in [-0.1, -0.05) is 11.6 Å². The number of hydrogen-bond donors (Lipinski definition) is 2. The highest BCUT2D eigenvalue weighted by atomic mass is 35.5. The fourth-order valence-corrected chi connectivity index (χ4v) is 4.65. The number of phenolic OH excluding ortho intramolecular Hbond substituents is 1. The standard InChI is InChI=1S/C20H24ClNO4S/c1-12-13(2)19-17(14(3)18(12)23)9-10-20(4,26-19)11-22-27(24,25)16-7-5-15(21)6-8-16/h5-8,22-23H,9-11H2,1-4H3. The number of aromatic hydroxyl groups is 1. The summed E-state index contributed by atoms with van der Waals surface area (Å²) in [6.07, 6.45) is 1.36. The van der Waals surface area contributed by atoms with E-state index in [0.717, 1.165) is 34.4 Å². The first-order valence-electron chi connectivity index (χ1n) is 8.80. The number of hydrogen-bond acceptors (Lipinski definition) is 4. The van der Waals surface area contributed by atoms with Crippen LogP contribution >= 0.6 is 11.6 Å². The van der Waals surface area contributed by atoms with E-state index in [1.165, 1.54) is 12.1 Å². The zero-order chi connectivity index (χ0) is 20.0. The molecule has 1 aliphatic heterocycles. The van der Waals surface area contributed by atoms with Gasteiger partial charge in [-0.05, 0) is 81.5 Å². The van der Waals surface area contributed by atoms with Crippen molar-refractivity contribution in [2.75, 3.05) is 6.54 Å². The van der Waals surface area contributed by atoms with E-state index >= 15 is 0 Å². The molecular weight excluding hydrogens is 386 g/mol. The van der Waals surface area contributed by atoms with E-state index in [2.05, 4.69) is 4.72 Å². The van der Waals surface area contributed by atoms with Crippen LogP contribution in [-0.4, -0.2) is 25.7 Å². The van der Waals surface area contributed by atoms with Crippen LogP contribution in [0.25, 0.3) is 0 Å². The van der Waals surface area contributed by atoms with Crippen LogP contribution < -0.4 is 9.46 Å². The van der Waals surface area contributed by atoms with Crippen molar-refractivity contribution in [3.8, 4) is 11.5 Å². The Hall–Kier alpha value is -1.76. The molecular formula is C20H24ClNO4S. The third-order valence-corrected chi connectivity index (χ3v) is 7.02. The monoisotopic (exact) mass is 409 g/mol. The molecule has 2 aromatic carbocycles. The minimum absolute atomic E-state index is 0.149. The molecule has 1 unspecified atom stereocenters. The molecule has 0 bridgehead atoms. The molecule has 3 rings (SSSR count). The maximum Gasteiger partial charge on any atom is 0.240 e. The van der Waals surface area contributed by atoms with Crippen LogP contribution in [0.15, 0.2) is 29.2 Å². The zero-order valence-corrected chi connectivity index (χ0v) is 17.5. The van der Waals surface area contributed by atoms with Gasteiger partial charge in [-0.15, -0.1) is 0 Å². The van der Waals surface area contributed by atoms with E-state index in [4.69, 9.17) is 16.3 Å². The molecule has 0 aliphatic carbocycles. The number of halogens is 1. The lowest BCUT2D eigenvalue weighted by Crippen LogP contribution is -2.47. The number of nitrogens with one attached hydrogen (secondary N) is 1. The van der Waals surface area contributed by atoms with Crippen LogP contribution in [0.3, 0.4) is 0 Å². The third kappa shape index (κ3) is 3.79. The first-order chi connectivity index (χ1) is 12.5. The Kier molecular flexibility index (Phi) is 5.18. The molecule has 0 aromatic heterocycles. The second kappa shape index (κ2) is 7.00. The number of fused-ring (bicyclic) bond motifs is 1. The number of phenols is 1. The lowest BCUT2D eigenvalue weighted by Gasteiger charge is -2.38. The Morgan fingerprint density at radius 3 is 2.41 bits per heavy atom. The van der Waals surface area contributed by atoms with Crippen molar-refractivity contribution in [2.24, 2.45) is 0 Å². The molecule has 5 nitrogen and oxygen atoms in total. The smallest absolute Gasteiger partial charge is 0.240 e. The quantitative estimate of drug-likeness (QED) is 0.799. The van der Waals surface area contributed by atoms with Gasteiger partial charge in [-0.3, -0.25) is 0 Å². The fraction of sp³-hybridized carbons (Fsp3) is 0.400. The van der Waals surface area contributed by atoms with E-state index in [0.29, 0.717) is 17.2 Å². The average Bonchev–Trinajstić information content (AvgIpc) is 2.63. The maximum absolute atomic E-state index is 12.6. The van der Waals surface area contributed by atoms with Gasteiger partial charge in [-0.2, -0.15) is 0 Å². The predicted octanol–water partition coefficient (Wildman–Crippen LogP) is 4.03. The van der Waals surface area contributed by atoms with Crippen molar-refractivity contribution >= 4 is 21.6 Å². The van der Waals surface area contributed by atoms with Crippen LogP contribution in [0.2, 0.25) is 5.02 Å². The Bertz CT molecular complexity index is 986. The van der Waals surface area contributed by atoms with Gasteiger partial charge < -0.3 is 9.84 Å². The summed E-state index contributed by atoms with van der Waals surface area (Å²) in [5.41, 5.74) is 2.83. The van der Waals surface area contributed by atoms with E-state index in [1.807, 2.05) is 27.7 Å². The van der Waals surface area contributed by atoms with E-state index in [1.54, 1.807) is 12.1 Å². The van der Waals surface area contributed by atoms with Crippen LogP contribution in [0.5, 0.6) is 11.5 Å². The fourth-order valence-electron chi connectivity index (χ4n) is 3.36. The molecule has 0 radical (unpaired) electrons. The van der Waals surface area contributed by atoms with Crippen molar-refractivity contribution in [1.82, 2.24) is 4.72 Å². The van der Waals surface area contributed by atoms with Gasteiger partial charge in [0.2, 0.25) is 10.0 Å². The summed E-state index contributed by atoms with van der Waals surface area (Å²) in [5.74, 6) is 1.06. The molecule has 27 heavy (non-hydrogen) atoms. The van der Waals surface area contributed by atoms with Gasteiger partial charge in [-0.25, -0.2) is 13.1 Å². The van der Waals surface area contributed by atoms with Crippen molar-refractivity contribution in [3.63, 3.8) is 0 Å². The molecule has 1 atom stereocenters. The van der Waals surface area contributed by atoms with Gasteiger partial charge in [0, 0.05) is 10.6 Å². The second-order valence-electron chi connectivity index (χ2n) is 7.36. The molecule has 0 spiro atoms. The molecule has 7 heteroatoms. The first-order valence-corrected chi connectivity index (χ1v) is 10.7. The van der Waals surface area contributed by atoms with Crippen LogP contribution in [0.1, 0.15) is 35.6 Å². The van der Waals surface area contributed by atoms with Gasteiger partial charge in [0.15, 0.2) is 0 Å². The topological polar surface area (TPSA) is 75.6 Å². The molecule has 0 saturated heterocycles. The summed E-state index contributed by atoms with van der Waals surface area (Å²) < 4.78 is 34.0. The molecule has 2 aromatic rings. The molecule has 0 fully saturated rings. The third-order valence-electron chi connectivity index (χ3n) is 5.35. The summed E-state index contributed by atoms with van der Waals surface area (Å²) in [7, 11) is -3.65. The molecule has 2 N–H and O–H groups in total. The van der Waals surface area contributed by atoms with Crippen LogP contribution in [0, 0.1) is 20.8 Å². The van der Waals surface area contributed by atoms with Gasteiger partial charge in [0.05, 0.1) is 11.4 Å². The highest BCUT2D eigenvalue weighted by Crippen LogP contribution is 2.43. The van der Waals surface area contributed by atoms with Gasteiger partial charge in [0.25, 0.3) is 0 Å². The van der Waals surface area contributed by atoms with Crippen molar-refractivity contribution in [1.29, 1.82) is 0 Å². The van der Waals surface area contributed by atoms with Crippen LogP contribution in [0.4, 0.5) is 0 Å². The van der Waals surface area contributed by atoms with Crippen molar-refractivity contribution in [3.05, 3.63) is 51.5 Å². The van der Waals surface area contributed by atoms with E-state index in [-0.39, 0.29) is 11.4 Å². The highest BCUT2D eigenvalue weighted by molar-refractivity contribution is 7.89. The number of benzene rings is 2. The largest absolute Gasteiger partial charge is 0.507 e. The van der Waals surface area contributed by atoms with E-state index in [9.17, 15) is 13.5 Å². The SMILES string of the molecule is Cc1c(C)c2c(c(C)c1O)CCC(C)(CNS(=O)(=O)c1ccc(Cl)cc1)O2. The lowest BCUT2D eigenvalue weighted by molar-refractivity contribution is 0.0686. The molecule has 1 heterocycles. The molecule has 146 valence electrons. The zero-order valence-electron chi connectivity index (χ0n) is 15.9. The van der Waals surface area contributed by atoms with Crippen molar-refractivity contribution in [2.45, 2.75) is 51.0 Å². The summed E-state index contributed by atoms with van der Waals surface area (Å²) >= 11 is 5.83. The summed E-state index contributed by atoms with van der Waals surface area (Å²) in [6.45, 7) is 7.70. The average molecular weight is 410 g/mol. The van der Waals surface area contributed by atoms with Gasteiger partial charge >= 0.3 is 0 Å².